The summed E-state index contributed by atoms with van der Waals surface area (Å²) in [6.45, 7) is 4.26. The third-order valence-corrected chi connectivity index (χ3v) is 1.25. The minimum atomic E-state index is 0. The maximum atomic E-state index is 3.88. The van der Waals surface area contributed by atoms with E-state index >= 15 is 0 Å². The van der Waals surface area contributed by atoms with Crippen LogP contribution in [0.25, 0.3) is 0 Å². The van der Waals surface area contributed by atoms with Gasteiger partial charge < -0.3 is 4.98 Å². The number of nitrogens with zero attached hydrogens (tertiary/aromatic N) is 1. The Morgan fingerprint density at radius 3 is 2.50 bits per heavy atom. The first kappa shape index (κ1) is 9.77. The molecule has 0 atom stereocenters. The Morgan fingerprint density at radius 2 is 2.20 bits per heavy atom. The molecule has 0 spiro atoms. The molecule has 1 heterocycles. The first-order valence-electron chi connectivity index (χ1n) is 3.13. The number of pyridine rings is 1. The Labute approximate surface area is 74.6 Å². The molecule has 2 heteroatoms. The molecular formula is C8H10NRh-. The topological polar surface area (TPSA) is 12.9 Å². The van der Waals surface area contributed by atoms with Crippen molar-refractivity contribution in [2.75, 3.05) is 0 Å². The van der Waals surface area contributed by atoms with Crippen LogP contribution in [-0.4, -0.2) is 4.98 Å². The molecule has 0 unspecified atom stereocenters. The van der Waals surface area contributed by atoms with Crippen molar-refractivity contribution in [3.8, 4) is 0 Å². The van der Waals surface area contributed by atoms with E-state index < -0.39 is 0 Å². The van der Waals surface area contributed by atoms with Crippen molar-refractivity contribution >= 4 is 0 Å². The molecule has 0 amide bonds. The number of aromatic nitrogens is 1. The van der Waals surface area contributed by atoms with E-state index in [0.29, 0.717) is 5.92 Å². The largest absolute Gasteiger partial charge is 0.394 e. The van der Waals surface area contributed by atoms with Gasteiger partial charge in [-0.2, -0.15) is 12.1 Å². The molecule has 0 aliphatic heterocycles. The average molecular weight is 223 g/mol. The van der Waals surface area contributed by atoms with Gasteiger partial charge in [0, 0.05) is 19.5 Å². The van der Waals surface area contributed by atoms with E-state index in [1.807, 2.05) is 12.1 Å². The Morgan fingerprint density at radius 1 is 1.50 bits per heavy atom. The molecule has 1 rings (SSSR count). The molecular weight excluding hydrogens is 213 g/mol. The molecule has 1 aromatic rings. The van der Waals surface area contributed by atoms with Gasteiger partial charge in [-0.1, -0.05) is 26.2 Å². The first-order chi connectivity index (χ1) is 4.30. The van der Waals surface area contributed by atoms with Crippen molar-refractivity contribution in [1.29, 1.82) is 0 Å². The summed E-state index contributed by atoms with van der Waals surface area (Å²) in [5.74, 6) is 0.540. The van der Waals surface area contributed by atoms with Crippen LogP contribution in [0.4, 0.5) is 0 Å². The minimum absolute atomic E-state index is 0. The Hall–Kier alpha value is -0.227. The molecule has 0 saturated carbocycles. The molecule has 1 aromatic heterocycles. The molecule has 0 aliphatic rings. The van der Waals surface area contributed by atoms with Crippen LogP contribution in [0.1, 0.15) is 25.3 Å². The van der Waals surface area contributed by atoms with Crippen molar-refractivity contribution in [1.82, 2.24) is 4.98 Å². The van der Waals surface area contributed by atoms with Crippen LogP contribution < -0.4 is 0 Å². The van der Waals surface area contributed by atoms with Gasteiger partial charge in [0.15, 0.2) is 0 Å². The zero-order valence-corrected chi connectivity index (χ0v) is 7.73. The van der Waals surface area contributed by atoms with Crippen LogP contribution in [-0.2, 0) is 19.5 Å². The minimum Gasteiger partial charge on any atom is -0.394 e. The molecule has 0 aliphatic carbocycles. The third kappa shape index (κ3) is 2.57. The fourth-order valence-electron chi connectivity index (χ4n) is 0.660. The molecule has 0 N–H and O–H groups in total. The molecule has 0 aromatic carbocycles. The van der Waals surface area contributed by atoms with Crippen LogP contribution in [0.3, 0.4) is 0 Å². The SMILES string of the molecule is CC(C)c1[c-]nccc1.[Rh]. The summed E-state index contributed by atoms with van der Waals surface area (Å²) in [5.41, 5.74) is 1.18. The van der Waals surface area contributed by atoms with E-state index in [0.717, 1.165) is 0 Å². The van der Waals surface area contributed by atoms with E-state index in [1.165, 1.54) is 5.56 Å². The standard InChI is InChI=1S/C8H10N.Rh/c1-7(2)8-4-3-5-9-6-8;/h3-5,7H,1-2H3;/q-1;. The predicted molar refractivity (Wildman–Crippen MR) is 37.2 cm³/mol. The summed E-state index contributed by atoms with van der Waals surface area (Å²) in [5, 5.41) is 0. The van der Waals surface area contributed by atoms with Gasteiger partial charge in [-0.15, -0.1) is 5.56 Å². The molecule has 10 heavy (non-hydrogen) atoms. The smallest absolute Gasteiger partial charge is 0 e. The second kappa shape index (κ2) is 4.57. The fourth-order valence-corrected chi connectivity index (χ4v) is 0.660. The van der Waals surface area contributed by atoms with E-state index in [1.54, 1.807) is 6.20 Å². The number of hydrogen-bond acceptors (Lipinski definition) is 1. The summed E-state index contributed by atoms with van der Waals surface area (Å²) in [7, 11) is 0. The van der Waals surface area contributed by atoms with Gasteiger partial charge in [0.1, 0.15) is 0 Å². The zero-order chi connectivity index (χ0) is 6.69. The molecule has 0 fully saturated rings. The molecule has 57 valence electrons. The average Bonchev–Trinajstić information content (AvgIpc) is 1.90. The maximum Gasteiger partial charge on any atom is 0 e. The Balaban J connectivity index is 0.000000810. The van der Waals surface area contributed by atoms with Gasteiger partial charge in [0.2, 0.25) is 0 Å². The van der Waals surface area contributed by atoms with Crippen LogP contribution >= 0.6 is 0 Å². The summed E-state index contributed by atoms with van der Waals surface area (Å²) in [4.78, 5) is 3.88. The maximum absolute atomic E-state index is 3.88. The molecule has 1 radical (unpaired) electrons. The number of rotatable bonds is 1. The summed E-state index contributed by atoms with van der Waals surface area (Å²) in [6.07, 6.45) is 4.66. The molecule has 0 bridgehead atoms. The van der Waals surface area contributed by atoms with Crippen LogP contribution in [0.15, 0.2) is 18.3 Å². The summed E-state index contributed by atoms with van der Waals surface area (Å²) in [6, 6.07) is 3.98. The third-order valence-electron chi connectivity index (χ3n) is 1.25. The molecule has 0 saturated heterocycles. The van der Waals surface area contributed by atoms with E-state index in [-0.39, 0.29) is 19.5 Å². The first-order valence-corrected chi connectivity index (χ1v) is 3.13. The number of hydrogen-bond donors (Lipinski definition) is 0. The van der Waals surface area contributed by atoms with Crippen molar-refractivity contribution in [3.05, 3.63) is 30.1 Å². The quantitative estimate of drug-likeness (QED) is 0.524. The fraction of sp³-hybridized carbons (Fsp3) is 0.375. The van der Waals surface area contributed by atoms with Crippen LogP contribution in [0.2, 0.25) is 0 Å². The van der Waals surface area contributed by atoms with Gasteiger partial charge >= 0.3 is 0 Å². The van der Waals surface area contributed by atoms with E-state index in [2.05, 4.69) is 25.0 Å². The van der Waals surface area contributed by atoms with E-state index in [4.69, 9.17) is 0 Å². The van der Waals surface area contributed by atoms with Crippen molar-refractivity contribution < 1.29 is 19.5 Å². The zero-order valence-electron chi connectivity index (χ0n) is 6.09. The van der Waals surface area contributed by atoms with Gasteiger partial charge in [0.05, 0.1) is 0 Å². The van der Waals surface area contributed by atoms with Crippen molar-refractivity contribution in [2.45, 2.75) is 19.8 Å². The van der Waals surface area contributed by atoms with Crippen LogP contribution in [0.5, 0.6) is 0 Å². The van der Waals surface area contributed by atoms with E-state index in [9.17, 15) is 0 Å². The monoisotopic (exact) mass is 223 g/mol. The normalized spacial score (nSPS) is 9.10. The summed E-state index contributed by atoms with van der Waals surface area (Å²) >= 11 is 0. The molecule has 1 nitrogen and oxygen atoms in total. The predicted octanol–water partition coefficient (Wildman–Crippen LogP) is 2.00. The van der Waals surface area contributed by atoms with Gasteiger partial charge in [-0.05, 0) is 5.92 Å². The van der Waals surface area contributed by atoms with Crippen molar-refractivity contribution in [3.63, 3.8) is 0 Å². The van der Waals surface area contributed by atoms with Gasteiger partial charge in [0.25, 0.3) is 0 Å². The van der Waals surface area contributed by atoms with Gasteiger partial charge in [-0.3, -0.25) is 0 Å². The Bertz CT molecular complexity index is 172. The second-order valence-corrected chi connectivity index (χ2v) is 2.36. The Kier molecular flexibility index (Phi) is 4.46. The van der Waals surface area contributed by atoms with Crippen LogP contribution in [0, 0.1) is 6.20 Å². The van der Waals surface area contributed by atoms with Gasteiger partial charge in [-0.25, -0.2) is 0 Å². The summed E-state index contributed by atoms with van der Waals surface area (Å²) < 4.78 is 0. The second-order valence-electron chi connectivity index (χ2n) is 2.36. The van der Waals surface area contributed by atoms with Crippen molar-refractivity contribution in [2.24, 2.45) is 0 Å².